The Morgan fingerprint density at radius 1 is 0.793 bits per heavy atom. The van der Waals surface area contributed by atoms with E-state index >= 15 is 0 Å². The molecule has 0 spiro atoms. The van der Waals surface area contributed by atoms with Gasteiger partial charge in [-0.25, -0.2) is 0 Å². The zero-order valence-electron chi connectivity index (χ0n) is 19.6. The van der Waals surface area contributed by atoms with Crippen molar-refractivity contribution in [2.24, 2.45) is 5.41 Å². The minimum atomic E-state index is -0.322. The molecule has 2 atom stereocenters. The molecule has 3 heteroatoms. The van der Waals surface area contributed by atoms with Gasteiger partial charge in [-0.1, -0.05) is 103 Å². The van der Waals surface area contributed by atoms with Gasteiger partial charge in [-0.2, -0.15) is 23.5 Å². The van der Waals surface area contributed by atoms with Gasteiger partial charge in [0.05, 0.1) is 6.10 Å². The Kier molecular flexibility index (Phi) is 16.7. The highest BCUT2D eigenvalue weighted by atomic mass is 32.2. The summed E-state index contributed by atoms with van der Waals surface area (Å²) < 4.78 is 0. The number of hydrogen-bond acceptors (Lipinski definition) is 3. The van der Waals surface area contributed by atoms with Crippen molar-refractivity contribution in [1.82, 2.24) is 0 Å². The molecule has 1 N–H and O–H groups in total. The van der Waals surface area contributed by atoms with E-state index in [0.717, 1.165) is 17.9 Å². The van der Waals surface area contributed by atoms with Crippen LogP contribution >= 0.6 is 23.5 Å². The second kappa shape index (κ2) is 17.8. The predicted octanol–water partition coefficient (Wildman–Crippen LogP) is 8.43. The molecule has 0 bridgehead atoms. The molecule has 0 aromatic rings. The third-order valence-corrected chi connectivity index (χ3v) is 8.57. The van der Waals surface area contributed by atoms with E-state index in [1.165, 1.54) is 94.1 Å². The summed E-state index contributed by atoms with van der Waals surface area (Å²) in [5.74, 6) is 4.66. The number of allylic oxidation sites excluding steroid dienone is 1. The van der Waals surface area contributed by atoms with Crippen molar-refractivity contribution in [3.05, 3.63) is 23.8 Å². The molecule has 0 fully saturated rings. The Labute approximate surface area is 191 Å². The summed E-state index contributed by atoms with van der Waals surface area (Å²) in [6, 6.07) is 0. The molecule has 2 unspecified atom stereocenters. The third-order valence-electron chi connectivity index (χ3n) is 6.14. The molecule has 0 amide bonds. The second-order valence-electron chi connectivity index (χ2n) is 8.75. The molecule has 0 radical (unpaired) electrons. The van der Waals surface area contributed by atoms with E-state index in [1.54, 1.807) is 0 Å². The highest BCUT2D eigenvalue weighted by Crippen LogP contribution is 2.38. The van der Waals surface area contributed by atoms with Crippen molar-refractivity contribution in [2.75, 3.05) is 23.0 Å². The van der Waals surface area contributed by atoms with Crippen LogP contribution in [0.25, 0.3) is 0 Å². The first-order valence-electron chi connectivity index (χ1n) is 12.4. The number of thioether (sulfide) groups is 2. The maximum atomic E-state index is 10.7. The van der Waals surface area contributed by atoms with E-state index in [0.29, 0.717) is 0 Å². The lowest BCUT2D eigenvalue weighted by Gasteiger charge is -2.36. The summed E-state index contributed by atoms with van der Waals surface area (Å²) >= 11 is 4.12. The molecule has 0 heterocycles. The van der Waals surface area contributed by atoms with E-state index in [1.807, 2.05) is 11.8 Å². The molecule has 0 aromatic carbocycles. The lowest BCUT2D eigenvalue weighted by atomic mass is 9.77. The van der Waals surface area contributed by atoms with Gasteiger partial charge >= 0.3 is 0 Å². The Morgan fingerprint density at radius 2 is 1.34 bits per heavy atom. The molecular formula is C26H48OS2. The first-order valence-corrected chi connectivity index (χ1v) is 14.7. The summed E-state index contributed by atoms with van der Waals surface area (Å²) in [4.78, 5) is 0. The smallest absolute Gasteiger partial charge is 0.0822 e. The average Bonchev–Trinajstić information content (AvgIpc) is 2.74. The largest absolute Gasteiger partial charge is 0.388 e. The van der Waals surface area contributed by atoms with Crippen LogP contribution < -0.4 is 0 Å². The molecule has 1 nitrogen and oxygen atoms in total. The number of aliphatic hydroxyl groups is 1. The van der Waals surface area contributed by atoms with Crippen LogP contribution in [-0.4, -0.2) is 34.2 Å². The van der Waals surface area contributed by atoms with Gasteiger partial charge in [0.2, 0.25) is 0 Å². The van der Waals surface area contributed by atoms with Crippen LogP contribution in [0.5, 0.6) is 0 Å². The predicted molar refractivity (Wildman–Crippen MR) is 137 cm³/mol. The average molecular weight is 441 g/mol. The molecule has 29 heavy (non-hydrogen) atoms. The van der Waals surface area contributed by atoms with E-state index in [9.17, 15) is 5.11 Å². The Balaban J connectivity index is 2.29. The Morgan fingerprint density at radius 3 is 1.93 bits per heavy atom. The van der Waals surface area contributed by atoms with E-state index in [4.69, 9.17) is 0 Å². The zero-order chi connectivity index (χ0) is 21.2. The standard InChI is InChI=1S/C26H48OS2/c1-4-7-9-11-13-15-19-28-22-24-17-18-25(27)26(6-3,21-24)23-29-20-16-14-12-10-8-5-2/h17-18,21,25,27H,4-16,19-20,22-23H2,1-3H3. The zero-order valence-corrected chi connectivity index (χ0v) is 21.2. The summed E-state index contributed by atoms with van der Waals surface area (Å²) in [7, 11) is 0. The topological polar surface area (TPSA) is 20.2 Å². The Hall–Kier alpha value is 0.140. The molecule has 1 aliphatic carbocycles. The highest BCUT2D eigenvalue weighted by molar-refractivity contribution is 7.99. The van der Waals surface area contributed by atoms with Gasteiger partial charge in [-0.15, -0.1) is 0 Å². The fourth-order valence-electron chi connectivity index (χ4n) is 3.96. The van der Waals surface area contributed by atoms with E-state index < -0.39 is 0 Å². The van der Waals surface area contributed by atoms with Crippen molar-refractivity contribution in [3.8, 4) is 0 Å². The lowest BCUT2D eigenvalue weighted by molar-refractivity contribution is 0.110. The van der Waals surface area contributed by atoms with Crippen LogP contribution in [0.1, 0.15) is 104 Å². The normalized spacial score (nSPS) is 21.5. The maximum absolute atomic E-state index is 10.7. The van der Waals surface area contributed by atoms with E-state index in [2.05, 4.69) is 50.8 Å². The second-order valence-corrected chi connectivity index (χ2v) is 11.0. The number of rotatable bonds is 19. The molecule has 1 aliphatic rings. The maximum Gasteiger partial charge on any atom is 0.0822 e. The summed E-state index contributed by atoms with van der Waals surface area (Å²) in [6.07, 6.45) is 23.8. The molecule has 0 saturated heterocycles. The minimum Gasteiger partial charge on any atom is -0.388 e. The molecule has 0 aromatic heterocycles. The van der Waals surface area contributed by atoms with Crippen molar-refractivity contribution in [3.63, 3.8) is 0 Å². The van der Waals surface area contributed by atoms with Crippen LogP contribution in [0.4, 0.5) is 0 Å². The van der Waals surface area contributed by atoms with Crippen LogP contribution in [0.15, 0.2) is 23.8 Å². The van der Waals surface area contributed by atoms with Gasteiger partial charge in [-0.3, -0.25) is 0 Å². The fraction of sp³-hybridized carbons (Fsp3) is 0.846. The molecule has 170 valence electrons. The van der Waals surface area contributed by atoms with Crippen LogP contribution in [0.2, 0.25) is 0 Å². The van der Waals surface area contributed by atoms with Gasteiger partial charge in [0.1, 0.15) is 0 Å². The molecular weight excluding hydrogens is 392 g/mol. The number of aliphatic hydroxyl groups excluding tert-OH is 1. The first kappa shape index (κ1) is 27.2. The van der Waals surface area contributed by atoms with Crippen molar-refractivity contribution < 1.29 is 5.11 Å². The fourth-order valence-corrected chi connectivity index (χ4v) is 6.32. The Bertz CT molecular complexity index is 446. The SMILES string of the molecule is CCCCCCCCSCC1=CC(CC)(CSCCCCCCCC)C(O)C=C1. The van der Waals surface area contributed by atoms with Gasteiger partial charge in [0, 0.05) is 16.9 Å². The number of hydrogen-bond donors (Lipinski definition) is 1. The van der Waals surface area contributed by atoms with Crippen LogP contribution in [0, 0.1) is 5.41 Å². The summed E-state index contributed by atoms with van der Waals surface area (Å²) in [6.45, 7) is 6.80. The van der Waals surface area contributed by atoms with Gasteiger partial charge in [0.15, 0.2) is 0 Å². The lowest BCUT2D eigenvalue weighted by Crippen LogP contribution is -2.36. The van der Waals surface area contributed by atoms with Gasteiger partial charge in [-0.05, 0) is 36.3 Å². The van der Waals surface area contributed by atoms with E-state index in [-0.39, 0.29) is 11.5 Å². The van der Waals surface area contributed by atoms with Crippen molar-refractivity contribution in [1.29, 1.82) is 0 Å². The third kappa shape index (κ3) is 11.9. The van der Waals surface area contributed by atoms with Crippen molar-refractivity contribution in [2.45, 2.75) is 110 Å². The molecule has 0 saturated carbocycles. The van der Waals surface area contributed by atoms with Crippen molar-refractivity contribution >= 4 is 23.5 Å². The summed E-state index contributed by atoms with van der Waals surface area (Å²) in [5, 5.41) is 10.7. The molecule has 1 rings (SSSR count). The van der Waals surface area contributed by atoms with Gasteiger partial charge in [0.25, 0.3) is 0 Å². The molecule has 0 aliphatic heterocycles. The first-order chi connectivity index (χ1) is 14.2. The summed E-state index contributed by atoms with van der Waals surface area (Å²) in [5.41, 5.74) is 1.37. The quantitative estimate of drug-likeness (QED) is 0.203. The highest BCUT2D eigenvalue weighted by Gasteiger charge is 2.34. The van der Waals surface area contributed by atoms with Crippen LogP contribution in [-0.2, 0) is 0 Å². The van der Waals surface area contributed by atoms with Crippen LogP contribution in [0.3, 0.4) is 0 Å². The van der Waals surface area contributed by atoms with Gasteiger partial charge < -0.3 is 5.11 Å². The number of unbranched alkanes of at least 4 members (excludes halogenated alkanes) is 10. The monoisotopic (exact) mass is 440 g/mol. The minimum absolute atomic E-state index is 0.0579.